The second-order valence-corrected chi connectivity index (χ2v) is 5.06. The van der Waals surface area contributed by atoms with Crippen LogP contribution >= 0.6 is 11.8 Å². The molecule has 1 aromatic rings. The average molecular weight is 273 g/mol. The number of benzene rings is 1. The molecule has 0 radical (unpaired) electrons. The zero-order valence-corrected chi connectivity index (χ0v) is 10.6. The van der Waals surface area contributed by atoms with E-state index >= 15 is 0 Å². The van der Waals surface area contributed by atoms with Crippen molar-refractivity contribution in [2.45, 2.75) is 17.4 Å². The molecule has 1 saturated heterocycles. The molecular formula is C12H13F2NO2S. The lowest BCUT2D eigenvalue weighted by Crippen LogP contribution is -2.18. The monoisotopic (exact) mass is 273 g/mol. The van der Waals surface area contributed by atoms with Crippen molar-refractivity contribution in [3.8, 4) is 0 Å². The van der Waals surface area contributed by atoms with Crippen LogP contribution in [0.3, 0.4) is 0 Å². The molecule has 1 aliphatic heterocycles. The molecule has 98 valence electrons. The van der Waals surface area contributed by atoms with Crippen LogP contribution in [0.1, 0.15) is 18.0 Å². The van der Waals surface area contributed by atoms with Gasteiger partial charge in [-0.15, -0.1) is 11.8 Å². The molecular weight excluding hydrogens is 260 g/mol. The number of thioether (sulfide) groups is 1. The van der Waals surface area contributed by atoms with E-state index in [2.05, 4.69) is 5.32 Å². The molecule has 2 N–H and O–H groups in total. The minimum Gasteiger partial charge on any atom is -0.481 e. The first kappa shape index (κ1) is 13.3. The lowest BCUT2D eigenvalue weighted by molar-refractivity contribution is -0.141. The zero-order chi connectivity index (χ0) is 13.3. The van der Waals surface area contributed by atoms with E-state index in [1.807, 2.05) is 0 Å². The van der Waals surface area contributed by atoms with Crippen LogP contribution in [0.5, 0.6) is 0 Å². The van der Waals surface area contributed by atoms with Gasteiger partial charge in [0.25, 0.3) is 0 Å². The molecule has 0 amide bonds. The minimum atomic E-state index is -0.911. The van der Waals surface area contributed by atoms with E-state index in [-0.39, 0.29) is 23.4 Å². The van der Waals surface area contributed by atoms with E-state index in [4.69, 9.17) is 5.11 Å². The first-order valence-electron chi connectivity index (χ1n) is 5.52. The van der Waals surface area contributed by atoms with Gasteiger partial charge in [0.2, 0.25) is 0 Å². The van der Waals surface area contributed by atoms with Crippen LogP contribution in [0.4, 0.5) is 8.78 Å². The van der Waals surface area contributed by atoms with Gasteiger partial charge >= 0.3 is 5.97 Å². The molecule has 6 heteroatoms. The van der Waals surface area contributed by atoms with Crippen LogP contribution in [-0.2, 0) is 4.79 Å². The van der Waals surface area contributed by atoms with E-state index in [1.165, 1.54) is 12.1 Å². The third-order valence-corrected chi connectivity index (χ3v) is 3.91. The predicted molar refractivity (Wildman–Crippen MR) is 64.6 cm³/mol. The summed E-state index contributed by atoms with van der Waals surface area (Å²) in [7, 11) is 0. The van der Waals surface area contributed by atoms with Gasteiger partial charge in [0.05, 0.1) is 5.92 Å². The Kier molecular flexibility index (Phi) is 3.87. The van der Waals surface area contributed by atoms with Crippen molar-refractivity contribution in [3.63, 3.8) is 0 Å². The van der Waals surface area contributed by atoms with Gasteiger partial charge < -0.3 is 10.4 Å². The molecule has 1 heterocycles. The highest BCUT2D eigenvalue weighted by atomic mass is 32.2. The van der Waals surface area contributed by atoms with Crippen LogP contribution in [0.25, 0.3) is 0 Å². The maximum Gasteiger partial charge on any atom is 0.307 e. The Morgan fingerprint density at radius 3 is 2.72 bits per heavy atom. The number of rotatable bonds is 3. The van der Waals surface area contributed by atoms with Crippen LogP contribution in [0.2, 0.25) is 0 Å². The Hall–Kier alpha value is -1.14. The quantitative estimate of drug-likeness (QED) is 0.830. The maximum absolute atomic E-state index is 13.9. The fraction of sp³-hybridized carbons (Fsp3) is 0.417. The van der Waals surface area contributed by atoms with Crippen molar-refractivity contribution in [1.29, 1.82) is 0 Å². The lowest BCUT2D eigenvalue weighted by atomic mass is 9.99. The summed E-state index contributed by atoms with van der Waals surface area (Å²) in [5, 5.41) is 11.8. The van der Waals surface area contributed by atoms with Crippen molar-refractivity contribution in [2.24, 2.45) is 5.92 Å². The molecule has 0 aromatic heterocycles. The van der Waals surface area contributed by atoms with Crippen molar-refractivity contribution < 1.29 is 18.7 Å². The highest BCUT2D eigenvalue weighted by molar-refractivity contribution is 7.98. The second kappa shape index (κ2) is 5.24. The summed E-state index contributed by atoms with van der Waals surface area (Å²) in [5.74, 6) is -3.20. The molecule has 1 aliphatic rings. The number of aliphatic carboxylic acids is 1. The van der Waals surface area contributed by atoms with E-state index in [1.54, 1.807) is 6.26 Å². The Balaban J connectivity index is 2.25. The first-order chi connectivity index (χ1) is 8.54. The van der Waals surface area contributed by atoms with E-state index < -0.39 is 29.6 Å². The third-order valence-electron chi connectivity index (χ3n) is 3.15. The van der Waals surface area contributed by atoms with Crippen LogP contribution < -0.4 is 5.32 Å². The number of nitrogens with one attached hydrogen (secondary N) is 1. The topological polar surface area (TPSA) is 49.3 Å². The van der Waals surface area contributed by atoms with Gasteiger partial charge in [0.1, 0.15) is 0 Å². The Bertz CT molecular complexity index is 481. The average Bonchev–Trinajstić information content (AvgIpc) is 2.82. The predicted octanol–water partition coefficient (Wildman–Crippen LogP) is 2.42. The van der Waals surface area contributed by atoms with Crippen molar-refractivity contribution in [1.82, 2.24) is 5.32 Å². The van der Waals surface area contributed by atoms with Gasteiger partial charge in [0, 0.05) is 23.0 Å². The standard InChI is InChI=1S/C12H13F2NO2S/c1-18-9-3-2-7(10(13)11(9)14)8-4-6(5-15-8)12(16)17/h2-3,6,8,15H,4-5H2,1H3,(H,16,17). The molecule has 0 aliphatic carbocycles. The summed E-state index contributed by atoms with van der Waals surface area (Å²) in [4.78, 5) is 11.1. The number of carboxylic acids is 1. The van der Waals surface area contributed by atoms with Crippen molar-refractivity contribution in [3.05, 3.63) is 29.3 Å². The van der Waals surface area contributed by atoms with Gasteiger partial charge in [-0.25, -0.2) is 8.78 Å². The molecule has 0 spiro atoms. The molecule has 2 rings (SSSR count). The molecule has 1 aromatic carbocycles. The summed E-state index contributed by atoms with van der Waals surface area (Å²) in [6.45, 7) is 0.283. The molecule has 0 saturated carbocycles. The summed E-state index contributed by atoms with van der Waals surface area (Å²) < 4.78 is 27.5. The minimum absolute atomic E-state index is 0.203. The van der Waals surface area contributed by atoms with E-state index in [9.17, 15) is 13.6 Å². The van der Waals surface area contributed by atoms with Crippen molar-refractivity contribution >= 4 is 17.7 Å². The molecule has 18 heavy (non-hydrogen) atoms. The smallest absolute Gasteiger partial charge is 0.307 e. The number of carboxylic acid groups (broad SMARTS) is 1. The van der Waals surface area contributed by atoms with Gasteiger partial charge in [-0.05, 0) is 18.7 Å². The number of hydrogen-bond acceptors (Lipinski definition) is 3. The van der Waals surface area contributed by atoms with Crippen LogP contribution in [0.15, 0.2) is 17.0 Å². The summed E-state index contributed by atoms with van der Waals surface area (Å²) in [6, 6.07) is 2.61. The van der Waals surface area contributed by atoms with E-state index in [0.717, 1.165) is 11.8 Å². The highest BCUT2D eigenvalue weighted by Crippen LogP contribution is 2.32. The van der Waals surface area contributed by atoms with Crippen LogP contribution in [-0.4, -0.2) is 23.9 Å². The lowest BCUT2D eigenvalue weighted by Gasteiger charge is -2.13. The maximum atomic E-state index is 13.9. The summed E-state index contributed by atoms with van der Waals surface area (Å²) in [6.07, 6.45) is 1.95. The molecule has 2 unspecified atom stereocenters. The number of halogens is 2. The van der Waals surface area contributed by atoms with Gasteiger partial charge in [-0.2, -0.15) is 0 Å². The molecule has 2 atom stereocenters. The molecule has 0 bridgehead atoms. The third kappa shape index (κ3) is 2.35. The second-order valence-electron chi connectivity index (χ2n) is 4.22. The zero-order valence-electron chi connectivity index (χ0n) is 9.74. The van der Waals surface area contributed by atoms with E-state index in [0.29, 0.717) is 0 Å². The van der Waals surface area contributed by atoms with Gasteiger partial charge in [0.15, 0.2) is 11.6 Å². The Morgan fingerprint density at radius 1 is 1.44 bits per heavy atom. The van der Waals surface area contributed by atoms with Crippen LogP contribution in [0, 0.1) is 17.6 Å². The fourth-order valence-electron chi connectivity index (χ4n) is 2.13. The Morgan fingerprint density at radius 2 is 2.17 bits per heavy atom. The normalized spacial score (nSPS) is 23.3. The number of hydrogen-bond donors (Lipinski definition) is 2. The van der Waals surface area contributed by atoms with Gasteiger partial charge in [-0.1, -0.05) is 6.07 Å². The first-order valence-corrected chi connectivity index (χ1v) is 6.75. The summed E-state index contributed by atoms with van der Waals surface area (Å²) >= 11 is 1.14. The van der Waals surface area contributed by atoms with Crippen molar-refractivity contribution in [2.75, 3.05) is 12.8 Å². The molecule has 1 fully saturated rings. The largest absolute Gasteiger partial charge is 0.481 e. The number of carbonyl (C=O) groups is 1. The highest BCUT2D eigenvalue weighted by Gasteiger charge is 2.32. The fourth-order valence-corrected chi connectivity index (χ4v) is 2.61. The summed E-state index contributed by atoms with van der Waals surface area (Å²) in [5.41, 5.74) is 0.203. The SMILES string of the molecule is CSc1ccc(C2CC(C(=O)O)CN2)c(F)c1F. The van der Waals surface area contributed by atoms with Gasteiger partial charge in [-0.3, -0.25) is 4.79 Å². The molecule has 3 nitrogen and oxygen atoms in total. The Labute approximate surface area is 108 Å².